The van der Waals surface area contributed by atoms with Gasteiger partial charge >= 0.3 is 0 Å². The smallest absolute Gasteiger partial charge is 0.228 e. The number of nitrogens with zero attached hydrogens (tertiary/aromatic N) is 2. The topological polar surface area (TPSA) is 92.1 Å². The Balaban J connectivity index is 1.85. The van der Waals surface area contributed by atoms with Crippen molar-refractivity contribution in [1.82, 2.24) is 9.88 Å². The van der Waals surface area contributed by atoms with E-state index in [-0.39, 0.29) is 17.2 Å². The normalized spacial score (nSPS) is 32.9. The lowest BCUT2D eigenvalue weighted by Crippen LogP contribution is -2.52. The highest BCUT2D eigenvalue weighted by atomic mass is 35.5. The summed E-state index contributed by atoms with van der Waals surface area (Å²) in [5.74, 6) is -1.08. The first-order chi connectivity index (χ1) is 16.7. The maximum absolute atomic E-state index is 13.6. The average molecular weight is 497 g/mol. The SMILES string of the molecule is COc1cncc2c1[C@]1(O)[C@H](O)[C@H](C(=O)N(C)C)[C@@H](C3=CCC(C)C=C3)[C@]1(c1ccc(Cl)cc1)O2. The highest BCUT2D eigenvalue weighted by Crippen LogP contribution is 2.68. The fourth-order valence-corrected chi connectivity index (χ4v) is 6.11. The molecule has 2 aromatic rings. The van der Waals surface area contributed by atoms with Gasteiger partial charge in [-0.05, 0) is 35.6 Å². The van der Waals surface area contributed by atoms with Gasteiger partial charge < -0.3 is 24.6 Å². The summed E-state index contributed by atoms with van der Waals surface area (Å²) in [7, 11) is 4.76. The highest BCUT2D eigenvalue weighted by Gasteiger charge is 2.78. The molecule has 8 heteroatoms. The summed E-state index contributed by atoms with van der Waals surface area (Å²) in [6, 6.07) is 6.98. The van der Waals surface area contributed by atoms with Gasteiger partial charge in [-0.1, -0.05) is 48.9 Å². The first-order valence-corrected chi connectivity index (χ1v) is 12.0. The van der Waals surface area contributed by atoms with Crippen molar-refractivity contribution >= 4 is 17.5 Å². The van der Waals surface area contributed by atoms with E-state index < -0.39 is 29.1 Å². The molecule has 2 N–H and O–H groups in total. The van der Waals surface area contributed by atoms with Crippen LogP contribution in [0.1, 0.15) is 24.5 Å². The van der Waals surface area contributed by atoms with Crippen LogP contribution in [0.3, 0.4) is 0 Å². The lowest BCUT2D eigenvalue weighted by Gasteiger charge is -2.41. The molecule has 3 aliphatic rings. The van der Waals surface area contributed by atoms with E-state index >= 15 is 0 Å². The molecule has 0 saturated heterocycles. The van der Waals surface area contributed by atoms with Gasteiger partial charge in [-0.2, -0.15) is 0 Å². The van der Waals surface area contributed by atoms with Crippen molar-refractivity contribution in [3.05, 3.63) is 76.6 Å². The molecule has 1 amide bonds. The Morgan fingerprint density at radius 2 is 1.97 bits per heavy atom. The standard InChI is InChI=1S/C27H29ClN2O5/c1-15-5-7-16(8-6-15)22-21(25(32)30(2)3)24(31)26(33)23-19(34-4)13-29-14-20(23)35-27(22,26)17-9-11-18(28)12-10-17/h5,7-15,21-22,24,31,33H,6H2,1-4H3/t15?,21-,22-,24-,26+,27+/m1/s1. The number of carbonyl (C=O) groups is 1. The maximum atomic E-state index is 13.6. The zero-order valence-corrected chi connectivity index (χ0v) is 20.9. The summed E-state index contributed by atoms with van der Waals surface area (Å²) in [6.45, 7) is 2.11. The number of pyridine rings is 1. The largest absolute Gasteiger partial charge is 0.495 e. The first-order valence-electron chi connectivity index (χ1n) is 11.6. The number of ether oxygens (including phenoxy) is 2. The Labute approximate surface area is 209 Å². The third-order valence-electron chi connectivity index (χ3n) is 7.58. The molecule has 6 atom stereocenters. The quantitative estimate of drug-likeness (QED) is 0.673. The van der Waals surface area contributed by atoms with Gasteiger partial charge in [-0.3, -0.25) is 9.78 Å². The van der Waals surface area contributed by atoms with E-state index in [0.717, 1.165) is 12.0 Å². The zero-order valence-electron chi connectivity index (χ0n) is 20.1. The van der Waals surface area contributed by atoms with Gasteiger partial charge in [-0.25, -0.2) is 0 Å². The van der Waals surface area contributed by atoms with E-state index in [1.165, 1.54) is 24.4 Å². The van der Waals surface area contributed by atoms with Gasteiger partial charge in [0.15, 0.2) is 11.2 Å². The summed E-state index contributed by atoms with van der Waals surface area (Å²) in [5, 5.41) is 25.1. The Bertz CT molecular complexity index is 1230. The first kappa shape index (κ1) is 23.9. The number of halogens is 1. The number of aliphatic hydroxyl groups is 2. The van der Waals surface area contributed by atoms with Crippen LogP contribution >= 0.6 is 11.6 Å². The zero-order chi connectivity index (χ0) is 25.1. The number of rotatable bonds is 4. The molecule has 0 radical (unpaired) electrons. The van der Waals surface area contributed by atoms with Crippen molar-refractivity contribution in [2.45, 2.75) is 30.7 Å². The number of allylic oxidation sites excluding steroid dienone is 3. The van der Waals surface area contributed by atoms with Crippen LogP contribution in [0, 0.1) is 17.8 Å². The molecule has 0 bridgehead atoms. The molecule has 184 valence electrons. The number of aliphatic hydroxyl groups excluding tert-OH is 1. The highest BCUT2D eigenvalue weighted by molar-refractivity contribution is 6.30. The van der Waals surface area contributed by atoms with Gasteiger partial charge in [0.25, 0.3) is 0 Å². The van der Waals surface area contributed by atoms with Gasteiger partial charge in [0.1, 0.15) is 17.6 Å². The van der Waals surface area contributed by atoms with Crippen molar-refractivity contribution in [2.24, 2.45) is 17.8 Å². The number of carbonyl (C=O) groups excluding carboxylic acids is 1. The van der Waals surface area contributed by atoms with Crippen LogP contribution in [-0.2, 0) is 16.0 Å². The fraction of sp³-hybridized carbons (Fsp3) is 0.407. The van der Waals surface area contributed by atoms with E-state index in [4.69, 9.17) is 21.1 Å². The molecule has 1 aliphatic heterocycles. The number of hydrogen-bond acceptors (Lipinski definition) is 6. The van der Waals surface area contributed by atoms with Crippen LogP contribution in [0.4, 0.5) is 0 Å². The van der Waals surface area contributed by atoms with Gasteiger partial charge in [0.05, 0.1) is 31.0 Å². The minimum atomic E-state index is -2.01. The van der Waals surface area contributed by atoms with Crippen molar-refractivity contribution < 1.29 is 24.5 Å². The molecule has 1 aromatic heterocycles. The number of amides is 1. The van der Waals surface area contributed by atoms with Crippen LogP contribution < -0.4 is 9.47 Å². The number of aromatic nitrogens is 1. The Morgan fingerprint density at radius 3 is 2.57 bits per heavy atom. The van der Waals surface area contributed by atoms with Crippen molar-refractivity contribution in [2.75, 3.05) is 21.2 Å². The van der Waals surface area contributed by atoms with Crippen LogP contribution in [0.2, 0.25) is 5.02 Å². The van der Waals surface area contributed by atoms with Crippen LogP contribution in [-0.4, -0.2) is 53.3 Å². The second-order valence-electron chi connectivity index (χ2n) is 9.78. The van der Waals surface area contributed by atoms with E-state index in [2.05, 4.69) is 24.1 Å². The Hall–Kier alpha value is -2.87. The van der Waals surface area contributed by atoms with E-state index in [0.29, 0.717) is 22.3 Å². The van der Waals surface area contributed by atoms with Gasteiger partial charge in [-0.15, -0.1) is 0 Å². The molecule has 5 rings (SSSR count). The van der Waals surface area contributed by atoms with Crippen molar-refractivity contribution in [1.29, 1.82) is 0 Å². The predicted molar refractivity (Wildman–Crippen MR) is 131 cm³/mol. The lowest BCUT2D eigenvalue weighted by atomic mass is 9.69. The summed E-state index contributed by atoms with van der Waals surface area (Å²) < 4.78 is 12.2. The third-order valence-corrected chi connectivity index (χ3v) is 7.83. The Kier molecular flexibility index (Phi) is 5.70. The second kappa shape index (κ2) is 8.36. The molecule has 0 spiro atoms. The summed E-state index contributed by atoms with van der Waals surface area (Å²) in [6.07, 6.45) is 8.39. The van der Waals surface area contributed by atoms with E-state index in [1.807, 2.05) is 6.08 Å². The van der Waals surface area contributed by atoms with Gasteiger partial charge in [0.2, 0.25) is 5.91 Å². The minimum absolute atomic E-state index is 0.276. The molecular weight excluding hydrogens is 468 g/mol. The van der Waals surface area contributed by atoms with E-state index in [9.17, 15) is 15.0 Å². The predicted octanol–water partition coefficient (Wildman–Crippen LogP) is 3.44. The molecule has 1 aromatic carbocycles. The minimum Gasteiger partial charge on any atom is -0.495 e. The molecule has 35 heavy (non-hydrogen) atoms. The Morgan fingerprint density at radius 1 is 1.26 bits per heavy atom. The van der Waals surface area contributed by atoms with Crippen molar-refractivity contribution in [3.63, 3.8) is 0 Å². The second-order valence-corrected chi connectivity index (χ2v) is 10.2. The number of methoxy groups -OCH3 is 1. The van der Waals surface area contributed by atoms with E-state index in [1.54, 1.807) is 38.4 Å². The maximum Gasteiger partial charge on any atom is 0.228 e. The molecule has 2 heterocycles. The number of fused-ring (bicyclic) bond motifs is 3. The van der Waals surface area contributed by atoms with Crippen LogP contribution in [0.25, 0.3) is 0 Å². The molecule has 2 aliphatic carbocycles. The summed E-state index contributed by atoms with van der Waals surface area (Å²) in [5.41, 5.74) is -1.85. The van der Waals surface area contributed by atoms with Crippen molar-refractivity contribution in [3.8, 4) is 11.5 Å². The summed E-state index contributed by atoms with van der Waals surface area (Å²) >= 11 is 6.21. The summed E-state index contributed by atoms with van der Waals surface area (Å²) in [4.78, 5) is 19.3. The lowest BCUT2D eigenvalue weighted by molar-refractivity contribution is -0.157. The van der Waals surface area contributed by atoms with Gasteiger partial charge in [0, 0.05) is 25.0 Å². The van der Waals surface area contributed by atoms with Crippen LogP contribution in [0.15, 0.2) is 60.5 Å². The monoisotopic (exact) mass is 496 g/mol. The molecule has 1 unspecified atom stereocenters. The van der Waals surface area contributed by atoms with Crippen LogP contribution in [0.5, 0.6) is 11.5 Å². The molecule has 1 fully saturated rings. The number of hydrogen-bond donors (Lipinski definition) is 2. The molecular formula is C27H29ClN2O5. The number of benzene rings is 1. The molecule has 7 nitrogen and oxygen atoms in total. The third kappa shape index (κ3) is 3.18. The fourth-order valence-electron chi connectivity index (χ4n) is 5.98. The average Bonchev–Trinajstić information content (AvgIpc) is 3.23. The molecule has 1 saturated carbocycles.